The van der Waals surface area contributed by atoms with Crippen LogP contribution < -0.4 is 0 Å². The Morgan fingerprint density at radius 1 is 0.891 bits per heavy atom. The Hall–Kier alpha value is -0.430. The maximum Gasteiger partial charge on any atom is 0.112 e. The molecule has 4 rings (SSSR count). The zero-order chi connectivity index (χ0) is 35.0. The van der Waals surface area contributed by atoms with E-state index >= 15 is 0 Å². The first-order valence-electron chi connectivity index (χ1n) is 17.9. The molecular formula is C36H68O9S. The molecule has 10 heteroatoms. The third kappa shape index (κ3) is 8.13. The predicted molar refractivity (Wildman–Crippen MR) is 185 cm³/mol. The molecule has 0 bridgehead atoms. The van der Waals surface area contributed by atoms with Crippen molar-refractivity contribution in [3.8, 4) is 0 Å². The van der Waals surface area contributed by atoms with Gasteiger partial charge in [-0.1, -0.05) is 48.1 Å². The number of aliphatic hydroxyl groups excluding tert-OH is 4. The summed E-state index contributed by atoms with van der Waals surface area (Å²) in [6.07, 6.45) is 2.49. The molecule has 5 N–H and O–H groups in total. The lowest BCUT2D eigenvalue weighted by atomic mass is 9.44. The van der Waals surface area contributed by atoms with Crippen LogP contribution in [0.15, 0.2) is 12.3 Å². The summed E-state index contributed by atoms with van der Waals surface area (Å²) in [7, 11) is 2.97. The van der Waals surface area contributed by atoms with Gasteiger partial charge in [0.1, 0.15) is 24.4 Å². The average Bonchev–Trinajstić information content (AvgIpc) is 3.34. The molecule has 14 atom stereocenters. The molecule has 0 heterocycles. The maximum absolute atomic E-state index is 12.3. The van der Waals surface area contributed by atoms with Gasteiger partial charge in [0, 0.05) is 30.3 Å². The molecule has 0 aromatic rings. The van der Waals surface area contributed by atoms with Crippen LogP contribution in [0.5, 0.6) is 0 Å². The van der Waals surface area contributed by atoms with Crippen molar-refractivity contribution in [2.24, 2.45) is 35.0 Å². The Balaban J connectivity index is 0.00000177. The highest BCUT2D eigenvalue weighted by atomic mass is 32.1. The smallest absolute Gasteiger partial charge is 0.112 e. The van der Waals surface area contributed by atoms with Crippen LogP contribution in [-0.2, 0) is 18.9 Å². The molecular weight excluding hydrogens is 608 g/mol. The molecule has 0 spiro atoms. The highest BCUT2D eigenvalue weighted by Gasteiger charge is 2.70. The summed E-state index contributed by atoms with van der Waals surface area (Å²) in [4.78, 5) is 0. The van der Waals surface area contributed by atoms with Crippen molar-refractivity contribution in [3.05, 3.63) is 12.3 Å². The molecule has 9 nitrogen and oxygen atoms in total. The predicted octanol–water partition coefficient (Wildman–Crippen LogP) is 5.33. The number of ether oxygens (including phenoxy) is 4. The number of methoxy groups -OCH3 is 2. The summed E-state index contributed by atoms with van der Waals surface area (Å²) >= 11 is 5.42. The number of rotatable bonds is 13. The van der Waals surface area contributed by atoms with Gasteiger partial charge in [-0.3, -0.25) is 0 Å². The Kier molecular flexibility index (Phi) is 16.3. The zero-order valence-corrected chi connectivity index (χ0v) is 31.0. The molecule has 0 amide bonds. The highest BCUT2D eigenvalue weighted by Crippen LogP contribution is 2.70. The molecule has 0 aliphatic heterocycles. The molecule has 272 valence electrons. The lowest BCUT2D eigenvalue weighted by Crippen LogP contribution is -2.66. The van der Waals surface area contributed by atoms with E-state index in [2.05, 4.69) is 20.4 Å². The van der Waals surface area contributed by atoms with E-state index in [0.29, 0.717) is 18.3 Å². The maximum atomic E-state index is 12.3. The monoisotopic (exact) mass is 676 g/mol. The van der Waals surface area contributed by atoms with E-state index in [0.717, 1.165) is 44.9 Å². The molecule has 0 radical (unpaired) electrons. The summed E-state index contributed by atoms with van der Waals surface area (Å²) in [5, 5.41) is 53.8. The molecule has 4 aliphatic rings. The quantitative estimate of drug-likeness (QED) is 0.113. The standard InChI is InChI=1S/C32H56O9S.2C2H6/c1-18-13-25-24(32(37)12-10-23(19(2)33)30(18,32)4)8-7-21-14-22(9-11-31(21,25)42)40-17-28(36)29(20(3)39-6)41-16-27(35)26(34)15-38-5;2*1-2/h18,20-29,33-37,42H,2,7-17H2,1,3-6H3;2*1-2H3. The second kappa shape index (κ2) is 18.0. The Morgan fingerprint density at radius 2 is 1.52 bits per heavy atom. The van der Waals surface area contributed by atoms with Crippen molar-refractivity contribution >= 4 is 12.6 Å². The van der Waals surface area contributed by atoms with Gasteiger partial charge in [-0.25, -0.2) is 0 Å². The molecule has 14 unspecified atom stereocenters. The van der Waals surface area contributed by atoms with Crippen LogP contribution in [0.1, 0.15) is 99.8 Å². The van der Waals surface area contributed by atoms with Crippen LogP contribution in [0, 0.1) is 35.0 Å². The van der Waals surface area contributed by atoms with E-state index in [1.54, 1.807) is 6.92 Å². The molecule has 46 heavy (non-hydrogen) atoms. The number of fused-ring (bicyclic) bond motifs is 5. The minimum atomic E-state index is -1.15. The van der Waals surface area contributed by atoms with Crippen molar-refractivity contribution in [2.75, 3.05) is 34.0 Å². The van der Waals surface area contributed by atoms with Crippen LogP contribution in [0.2, 0.25) is 0 Å². The van der Waals surface area contributed by atoms with Crippen LogP contribution in [-0.4, -0.2) is 107 Å². The normalized spacial score (nSPS) is 39.9. The number of hydrogen-bond donors (Lipinski definition) is 6. The lowest BCUT2D eigenvalue weighted by Gasteiger charge is -2.65. The fourth-order valence-electron chi connectivity index (χ4n) is 9.47. The van der Waals surface area contributed by atoms with E-state index in [4.69, 9.17) is 31.6 Å². The van der Waals surface area contributed by atoms with E-state index in [1.807, 2.05) is 27.7 Å². The van der Waals surface area contributed by atoms with Crippen LogP contribution in [0.4, 0.5) is 0 Å². The van der Waals surface area contributed by atoms with Crippen LogP contribution >= 0.6 is 12.6 Å². The van der Waals surface area contributed by atoms with Crippen molar-refractivity contribution in [3.63, 3.8) is 0 Å². The molecule has 4 aliphatic carbocycles. The fourth-order valence-corrected chi connectivity index (χ4v) is 10.1. The minimum Gasteiger partial charge on any atom is -0.513 e. The SMILES string of the molecule is C=C(O)C1CCC2(O)C3CCC4CC(OCC(O)C(OCC(O)C(O)COC)C(C)OC)CCC4(S)C3CC(C)C12C.CC.CC. The van der Waals surface area contributed by atoms with Gasteiger partial charge in [0.2, 0.25) is 0 Å². The van der Waals surface area contributed by atoms with Gasteiger partial charge in [-0.2, -0.15) is 12.6 Å². The topological polar surface area (TPSA) is 138 Å². The van der Waals surface area contributed by atoms with Gasteiger partial charge >= 0.3 is 0 Å². The van der Waals surface area contributed by atoms with Crippen molar-refractivity contribution in [2.45, 2.75) is 147 Å². The van der Waals surface area contributed by atoms with Crippen molar-refractivity contribution in [1.82, 2.24) is 0 Å². The molecule has 4 saturated carbocycles. The summed E-state index contributed by atoms with van der Waals surface area (Å²) < 4.78 is 22.2. The van der Waals surface area contributed by atoms with Gasteiger partial charge in [-0.05, 0) is 82.0 Å². The number of hydrogen-bond acceptors (Lipinski definition) is 10. The minimum absolute atomic E-state index is 0.0166. The highest BCUT2D eigenvalue weighted by molar-refractivity contribution is 7.81. The molecule has 0 aromatic carbocycles. The van der Waals surface area contributed by atoms with Crippen LogP contribution in [0.3, 0.4) is 0 Å². The number of thiol groups is 1. The van der Waals surface area contributed by atoms with Crippen LogP contribution in [0.25, 0.3) is 0 Å². The second-order valence-corrected chi connectivity index (χ2v) is 14.9. The lowest BCUT2D eigenvalue weighted by molar-refractivity contribution is -0.206. The summed E-state index contributed by atoms with van der Waals surface area (Å²) in [6.45, 7) is 17.9. The number of allylic oxidation sites excluding steroid dienone is 1. The van der Waals surface area contributed by atoms with Gasteiger partial charge < -0.3 is 44.5 Å². The molecule has 4 fully saturated rings. The van der Waals surface area contributed by atoms with Gasteiger partial charge in [-0.15, -0.1) is 0 Å². The Labute approximate surface area is 284 Å². The first-order valence-corrected chi connectivity index (χ1v) is 18.3. The largest absolute Gasteiger partial charge is 0.513 e. The average molecular weight is 677 g/mol. The van der Waals surface area contributed by atoms with E-state index in [9.17, 15) is 25.5 Å². The first-order chi connectivity index (χ1) is 21.7. The molecule has 0 saturated heterocycles. The van der Waals surface area contributed by atoms with Gasteiger partial charge in [0.15, 0.2) is 0 Å². The van der Waals surface area contributed by atoms with Gasteiger partial charge in [0.25, 0.3) is 0 Å². The van der Waals surface area contributed by atoms with Crippen molar-refractivity contribution < 1.29 is 44.5 Å². The third-order valence-electron chi connectivity index (χ3n) is 12.2. The summed E-state index contributed by atoms with van der Waals surface area (Å²) in [6, 6.07) is 0. The zero-order valence-electron chi connectivity index (χ0n) is 30.2. The third-order valence-corrected chi connectivity index (χ3v) is 13.1. The summed E-state index contributed by atoms with van der Waals surface area (Å²) in [5.41, 5.74) is -1.21. The number of aliphatic hydroxyl groups is 5. The Morgan fingerprint density at radius 3 is 2.11 bits per heavy atom. The van der Waals surface area contributed by atoms with E-state index in [-0.39, 0.29) is 59.6 Å². The molecule has 0 aromatic heterocycles. The second-order valence-electron chi connectivity index (χ2n) is 14.0. The first kappa shape index (κ1) is 41.7. The van der Waals surface area contributed by atoms with E-state index in [1.165, 1.54) is 14.2 Å². The summed E-state index contributed by atoms with van der Waals surface area (Å²) in [5.74, 6) is 1.17. The Bertz CT molecular complexity index is 924. The van der Waals surface area contributed by atoms with E-state index < -0.39 is 36.1 Å². The fraction of sp³-hybridized carbons (Fsp3) is 0.944. The van der Waals surface area contributed by atoms with Gasteiger partial charge in [0.05, 0.1) is 43.4 Å². The van der Waals surface area contributed by atoms with Crippen molar-refractivity contribution in [1.29, 1.82) is 0 Å².